The van der Waals surface area contributed by atoms with Gasteiger partial charge in [-0.3, -0.25) is 4.79 Å². The molecular weight excluding hydrogens is 306 g/mol. The van der Waals surface area contributed by atoms with E-state index in [-0.39, 0.29) is 0 Å². The standard InChI is InChI=1S/C14H15F4NO3/c1-5-7(15)9(17)6(10(18)8(5)16)12(20)19-11(13(21)22)14(2,3)4/h11H,1-4H3,(H,19,20)(H,21,22). The summed E-state index contributed by atoms with van der Waals surface area (Å²) >= 11 is 0. The molecule has 1 aromatic rings. The number of carbonyl (C=O) groups is 2. The van der Waals surface area contributed by atoms with E-state index in [2.05, 4.69) is 0 Å². The number of hydrogen-bond donors (Lipinski definition) is 2. The summed E-state index contributed by atoms with van der Waals surface area (Å²) in [6.45, 7) is 5.22. The third kappa shape index (κ3) is 3.20. The lowest BCUT2D eigenvalue weighted by molar-refractivity contribution is -0.142. The molecule has 0 spiro atoms. The number of aliphatic carboxylic acids is 1. The Morgan fingerprint density at radius 3 is 1.73 bits per heavy atom. The second-order valence-corrected chi connectivity index (χ2v) is 5.87. The van der Waals surface area contributed by atoms with Crippen molar-refractivity contribution in [3.05, 3.63) is 34.4 Å². The van der Waals surface area contributed by atoms with Gasteiger partial charge in [-0.25, -0.2) is 22.4 Å². The zero-order valence-electron chi connectivity index (χ0n) is 12.4. The van der Waals surface area contributed by atoms with E-state index >= 15 is 0 Å². The van der Waals surface area contributed by atoms with Crippen LogP contribution in [0.2, 0.25) is 0 Å². The monoisotopic (exact) mass is 321 g/mol. The quantitative estimate of drug-likeness (QED) is 0.664. The number of amides is 1. The number of rotatable bonds is 3. The molecule has 0 saturated heterocycles. The summed E-state index contributed by atoms with van der Waals surface area (Å²) in [5.41, 5.74) is -3.38. The zero-order valence-corrected chi connectivity index (χ0v) is 12.4. The van der Waals surface area contributed by atoms with Gasteiger partial charge in [0.2, 0.25) is 0 Å². The van der Waals surface area contributed by atoms with Crippen LogP contribution in [0, 0.1) is 35.6 Å². The predicted octanol–water partition coefficient (Wildman–Crippen LogP) is 2.78. The Balaban J connectivity index is 3.33. The SMILES string of the molecule is Cc1c(F)c(F)c(C(=O)NC(C(=O)O)C(C)(C)C)c(F)c1F. The fourth-order valence-corrected chi connectivity index (χ4v) is 1.79. The third-order valence-electron chi connectivity index (χ3n) is 3.10. The second kappa shape index (κ2) is 5.94. The summed E-state index contributed by atoms with van der Waals surface area (Å²) in [5, 5.41) is 10.9. The van der Waals surface area contributed by atoms with Gasteiger partial charge in [-0.2, -0.15) is 0 Å². The first-order valence-corrected chi connectivity index (χ1v) is 6.25. The van der Waals surface area contributed by atoms with Crippen LogP contribution in [0.5, 0.6) is 0 Å². The molecule has 1 atom stereocenters. The molecule has 1 amide bonds. The first-order valence-electron chi connectivity index (χ1n) is 6.25. The molecule has 1 unspecified atom stereocenters. The third-order valence-corrected chi connectivity index (χ3v) is 3.10. The fraction of sp³-hybridized carbons (Fsp3) is 0.429. The van der Waals surface area contributed by atoms with Crippen molar-refractivity contribution in [2.24, 2.45) is 5.41 Å². The molecule has 0 radical (unpaired) electrons. The van der Waals surface area contributed by atoms with Crippen molar-refractivity contribution in [1.29, 1.82) is 0 Å². The van der Waals surface area contributed by atoms with Crippen molar-refractivity contribution in [3.8, 4) is 0 Å². The van der Waals surface area contributed by atoms with E-state index in [1.807, 2.05) is 5.32 Å². The molecule has 0 aliphatic rings. The first-order chi connectivity index (χ1) is 9.89. The Labute approximate surface area is 124 Å². The van der Waals surface area contributed by atoms with Gasteiger partial charge in [0, 0.05) is 5.56 Å². The molecule has 1 aromatic carbocycles. The van der Waals surface area contributed by atoms with Crippen molar-refractivity contribution in [1.82, 2.24) is 5.32 Å². The zero-order chi connectivity index (χ0) is 17.4. The van der Waals surface area contributed by atoms with E-state index in [0.717, 1.165) is 6.92 Å². The average Bonchev–Trinajstić information content (AvgIpc) is 2.39. The number of nitrogens with one attached hydrogen (secondary N) is 1. The maximum absolute atomic E-state index is 13.7. The summed E-state index contributed by atoms with van der Waals surface area (Å²) in [5.74, 6) is -10.1. The van der Waals surface area contributed by atoms with E-state index in [0.29, 0.717) is 0 Å². The summed E-state index contributed by atoms with van der Waals surface area (Å²) in [6, 6.07) is -1.51. The van der Waals surface area contributed by atoms with Crippen molar-refractivity contribution in [2.45, 2.75) is 33.7 Å². The molecular formula is C14H15F4NO3. The van der Waals surface area contributed by atoms with Crippen molar-refractivity contribution in [3.63, 3.8) is 0 Å². The number of carboxylic acid groups (broad SMARTS) is 1. The summed E-state index contributed by atoms with van der Waals surface area (Å²) in [7, 11) is 0. The van der Waals surface area contributed by atoms with Gasteiger partial charge in [0.25, 0.3) is 5.91 Å². The molecule has 0 heterocycles. The molecule has 0 fully saturated rings. The van der Waals surface area contributed by atoms with Crippen LogP contribution in [0.25, 0.3) is 0 Å². The number of halogens is 4. The van der Waals surface area contributed by atoms with Crippen molar-refractivity contribution >= 4 is 11.9 Å². The van der Waals surface area contributed by atoms with Crippen LogP contribution >= 0.6 is 0 Å². The Kier molecular flexibility index (Phi) is 4.84. The molecule has 0 aliphatic heterocycles. The van der Waals surface area contributed by atoms with Gasteiger partial charge in [-0.15, -0.1) is 0 Å². The topological polar surface area (TPSA) is 66.4 Å². The average molecular weight is 321 g/mol. The van der Waals surface area contributed by atoms with Gasteiger partial charge >= 0.3 is 5.97 Å². The van der Waals surface area contributed by atoms with E-state index in [9.17, 15) is 27.2 Å². The molecule has 2 N–H and O–H groups in total. The molecule has 22 heavy (non-hydrogen) atoms. The van der Waals surface area contributed by atoms with Crippen molar-refractivity contribution in [2.75, 3.05) is 0 Å². The first kappa shape index (κ1) is 17.9. The highest BCUT2D eigenvalue weighted by Gasteiger charge is 2.35. The normalized spacial score (nSPS) is 12.9. The van der Waals surface area contributed by atoms with E-state index in [1.54, 1.807) is 0 Å². The summed E-state index contributed by atoms with van der Waals surface area (Å²) in [4.78, 5) is 23.0. The van der Waals surface area contributed by atoms with Crippen LogP contribution in [-0.2, 0) is 4.79 Å². The lowest BCUT2D eigenvalue weighted by atomic mass is 9.86. The van der Waals surface area contributed by atoms with Gasteiger partial charge in [-0.1, -0.05) is 20.8 Å². The van der Waals surface area contributed by atoms with Crippen molar-refractivity contribution < 1.29 is 32.3 Å². The maximum Gasteiger partial charge on any atom is 0.326 e. The minimum atomic E-state index is -1.87. The molecule has 122 valence electrons. The second-order valence-electron chi connectivity index (χ2n) is 5.87. The van der Waals surface area contributed by atoms with Gasteiger partial charge in [0.15, 0.2) is 23.3 Å². The van der Waals surface area contributed by atoms with Gasteiger partial charge < -0.3 is 10.4 Å². The molecule has 4 nitrogen and oxygen atoms in total. The van der Waals surface area contributed by atoms with E-state index in [1.165, 1.54) is 20.8 Å². The van der Waals surface area contributed by atoms with Gasteiger partial charge in [0.05, 0.1) is 0 Å². The highest BCUT2D eigenvalue weighted by Crippen LogP contribution is 2.25. The van der Waals surface area contributed by atoms with Gasteiger partial charge in [0.1, 0.15) is 11.6 Å². The van der Waals surface area contributed by atoms with Crippen LogP contribution < -0.4 is 5.32 Å². The lowest BCUT2D eigenvalue weighted by Crippen LogP contribution is -2.49. The fourth-order valence-electron chi connectivity index (χ4n) is 1.79. The maximum atomic E-state index is 13.7. The minimum Gasteiger partial charge on any atom is -0.480 e. The molecule has 0 aromatic heterocycles. The molecule has 0 saturated carbocycles. The van der Waals surface area contributed by atoms with Gasteiger partial charge in [-0.05, 0) is 12.3 Å². The van der Waals surface area contributed by atoms with E-state index < -0.39 is 57.7 Å². The molecule has 8 heteroatoms. The Morgan fingerprint density at radius 1 is 1.00 bits per heavy atom. The van der Waals surface area contributed by atoms with E-state index in [4.69, 9.17) is 5.11 Å². The highest BCUT2D eigenvalue weighted by atomic mass is 19.2. The highest BCUT2D eigenvalue weighted by molar-refractivity contribution is 5.97. The number of benzene rings is 1. The van der Waals surface area contributed by atoms with Crippen LogP contribution in [0.15, 0.2) is 0 Å². The molecule has 0 bridgehead atoms. The summed E-state index contributed by atoms with van der Waals surface area (Å²) in [6.07, 6.45) is 0. The summed E-state index contributed by atoms with van der Waals surface area (Å²) < 4.78 is 54.3. The smallest absolute Gasteiger partial charge is 0.326 e. The molecule has 1 rings (SSSR count). The minimum absolute atomic E-state index is 0.813. The number of hydrogen-bond acceptors (Lipinski definition) is 2. The van der Waals surface area contributed by atoms with Crippen LogP contribution in [0.3, 0.4) is 0 Å². The largest absolute Gasteiger partial charge is 0.480 e. The van der Waals surface area contributed by atoms with Crippen LogP contribution in [0.4, 0.5) is 17.6 Å². The van der Waals surface area contributed by atoms with Crippen LogP contribution in [-0.4, -0.2) is 23.0 Å². The lowest BCUT2D eigenvalue weighted by Gasteiger charge is -2.27. The molecule has 0 aliphatic carbocycles. The Hall–Kier alpha value is -2.12. The Morgan fingerprint density at radius 2 is 1.41 bits per heavy atom. The number of carbonyl (C=O) groups excluding carboxylic acids is 1. The predicted molar refractivity (Wildman–Crippen MR) is 69.4 cm³/mol. The Bertz CT molecular complexity index is 609. The van der Waals surface area contributed by atoms with Crippen LogP contribution in [0.1, 0.15) is 36.7 Å². The number of carboxylic acids is 1.